The highest BCUT2D eigenvalue weighted by atomic mass is 19.1. The van der Waals surface area contributed by atoms with Crippen molar-refractivity contribution in [2.75, 3.05) is 39.3 Å². The first-order valence-corrected chi connectivity index (χ1v) is 11.3. The molecule has 2 fully saturated rings. The number of hydrogen-bond donors (Lipinski definition) is 0. The molecule has 0 radical (unpaired) electrons. The van der Waals surface area contributed by atoms with Crippen LogP contribution in [0.2, 0.25) is 0 Å². The van der Waals surface area contributed by atoms with Crippen molar-refractivity contribution in [3.05, 3.63) is 83.2 Å². The molecule has 0 saturated carbocycles. The zero-order valence-corrected chi connectivity index (χ0v) is 18.9. The molecule has 0 aliphatic carbocycles. The number of carbonyl (C=O) groups is 1. The van der Waals surface area contributed by atoms with Gasteiger partial charge in [-0.2, -0.15) is 5.26 Å². The van der Waals surface area contributed by atoms with Crippen molar-refractivity contribution in [3.63, 3.8) is 0 Å². The molecule has 0 bridgehead atoms. The molecule has 4 rings (SSSR count). The number of nitriles is 1. The van der Waals surface area contributed by atoms with Gasteiger partial charge in [0.25, 0.3) is 0 Å². The van der Waals surface area contributed by atoms with E-state index in [0.717, 1.165) is 30.8 Å². The second-order valence-electron chi connectivity index (χ2n) is 8.64. The van der Waals surface area contributed by atoms with Gasteiger partial charge in [-0.1, -0.05) is 42.5 Å². The van der Waals surface area contributed by atoms with E-state index >= 15 is 0 Å². The van der Waals surface area contributed by atoms with Crippen LogP contribution >= 0.6 is 0 Å². The molecule has 2 aromatic rings. The van der Waals surface area contributed by atoms with Gasteiger partial charge in [0.05, 0.1) is 5.56 Å². The summed E-state index contributed by atoms with van der Waals surface area (Å²) in [5.74, 6) is -0.481. The van der Waals surface area contributed by atoms with Gasteiger partial charge in [0.2, 0.25) is 0 Å². The average Bonchev–Trinajstić information content (AvgIpc) is 2.83. The number of hydrogen-bond acceptors (Lipinski definition) is 5. The van der Waals surface area contributed by atoms with Gasteiger partial charge < -0.3 is 9.64 Å². The molecule has 0 aromatic heterocycles. The van der Waals surface area contributed by atoms with Crippen LogP contribution in [-0.2, 0) is 11.3 Å². The maximum absolute atomic E-state index is 14.1. The molecule has 2 heterocycles. The third-order valence-electron chi connectivity index (χ3n) is 6.65. The first-order chi connectivity index (χ1) is 16.0. The van der Waals surface area contributed by atoms with Crippen LogP contribution in [0.5, 0.6) is 0 Å². The van der Waals surface area contributed by atoms with E-state index in [-0.39, 0.29) is 30.3 Å². The third-order valence-corrected chi connectivity index (χ3v) is 6.65. The molecule has 0 N–H and O–H groups in total. The zero-order chi connectivity index (χ0) is 23.4. The smallest absolute Gasteiger partial charge is 0.410 e. The van der Waals surface area contributed by atoms with E-state index in [9.17, 15) is 14.4 Å². The van der Waals surface area contributed by atoms with Gasteiger partial charge in [-0.3, -0.25) is 9.80 Å². The molecule has 7 heteroatoms. The van der Waals surface area contributed by atoms with Crippen molar-refractivity contribution >= 4 is 6.09 Å². The van der Waals surface area contributed by atoms with Gasteiger partial charge in [0, 0.05) is 51.4 Å². The Morgan fingerprint density at radius 3 is 2.73 bits per heavy atom. The monoisotopic (exact) mass is 448 g/mol. The Balaban J connectivity index is 1.45. The summed E-state index contributed by atoms with van der Waals surface area (Å²) in [7, 11) is 0. The van der Waals surface area contributed by atoms with Crippen LogP contribution in [0.3, 0.4) is 0 Å². The number of nitrogens with zero attached hydrogens (tertiary/aromatic N) is 4. The number of piperazine rings is 2. The Morgan fingerprint density at radius 2 is 2.00 bits per heavy atom. The highest BCUT2D eigenvalue weighted by Crippen LogP contribution is 2.33. The molecule has 33 heavy (non-hydrogen) atoms. The minimum absolute atomic E-state index is 0.0310. The van der Waals surface area contributed by atoms with Gasteiger partial charge in [0.1, 0.15) is 18.5 Å². The summed E-state index contributed by atoms with van der Waals surface area (Å²) in [4.78, 5) is 19.1. The van der Waals surface area contributed by atoms with E-state index < -0.39 is 5.82 Å². The van der Waals surface area contributed by atoms with Crippen molar-refractivity contribution in [3.8, 4) is 6.07 Å². The first kappa shape index (κ1) is 23.0. The van der Waals surface area contributed by atoms with Crippen molar-refractivity contribution in [2.24, 2.45) is 0 Å². The molecular formula is C26H29FN4O2. The summed E-state index contributed by atoms with van der Waals surface area (Å²) in [6.07, 6.45) is 1.57. The molecule has 172 valence electrons. The Labute approximate surface area is 194 Å². The quantitative estimate of drug-likeness (QED) is 0.650. The normalized spacial score (nSPS) is 21.2. The average molecular weight is 449 g/mol. The van der Waals surface area contributed by atoms with E-state index in [1.807, 2.05) is 49.4 Å². The van der Waals surface area contributed by atoms with Crippen LogP contribution in [0, 0.1) is 24.1 Å². The zero-order valence-electron chi connectivity index (χ0n) is 18.9. The molecule has 2 aliphatic rings. The summed E-state index contributed by atoms with van der Waals surface area (Å²) in [5, 5.41) is 9.40. The maximum Gasteiger partial charge on any atom is 0.410 e. The van der Waals surface area contributed by atoms with Gasteiger partial charge in [-0.15, -0.1) is 6.58 Å². The fourth-order valence-corrected chi connectivity index (χ4v) is 4.87. The van der Waals surface area contributed by atoms with Crippen LogP contribution in [-0.4, -0.2) is 66.1 Å². The lowest BCUT2D eigenvalue weighted by atomic mass is 9.92. The van der Waals surface area contributed by atoms with E-state index in [1.54, 1.807) is 11.0 Å². The lowest BCUT2D eigenvalue weighted by molar-refractivity contribution is -0.0156. The fourth-order valence-electron chi connectivity index (χ4n) is 4.87. The number of benzene rings is 2. The summed E-state index contributed by atoms with van der Waals surface area (Å²) < 4.78 is 19.6. The van der Waals surface area contributed by atoms with Crippen molar-refractivity contribution in [2.45, 2.75) is 25.6 Å². The molecule has 0 unspecified atom stereocenters. The van der Waals surface area contributed by atoms with Crippen molar-refractivity contribution < 1.29 is 13.9 Å². The Kier molecular flexibility index (Phi) is 7.07. The SMILES string of the molecule is C=CCN1C[C@@H]2CN(C(=O)OCc3ccccc3)CCN2C[C@@H]1c1ccc(F)c(C#N)c1C. The van der Waals surface area contributed by atoms with Crippen molar-refractivity contribution in [1.29, 1.82) is 5.26 Å². The molecule has 0 spiro atoms. The van der Waals surface area contributed by atoms with E-state index in [2.05, 4.69) is 16.4 Å². The first-order valence-electron chi connectivity index (χ1n) is 11.3. The molecular weight excluding hydrogens is 419 g/mol. The minimum atomic E-state index is -0.481. The largest absolute Gasteiger partial charge is 0.445 e. The number of rotatable bonds is 5. The summed E-state index contributed by atoms with van der Waals surface area (Å²) in [6, 6.07) is 15.1. The fraction of sp³-hybridized carbons (Fsp3) is 0.385. The summed E-state index contributed by atoms with van der Waals surface area (Å²) in [5.41, 5.74) is 2.74. The Morgan fingerprint density at radius 1 is 1.21 bits per heavy atom. The highest BCUT2D eigenvalue weighted by Gasteiger charge is 2.39. The molecule has 2 atom stereocenters. The number of ether oxygens (including phenoxy) is 1. The van der Waals surface area contributed by atoms with Crippen LogP contribution in [0.25, 0.3) is 0 Å². The lowest BCUT2D eigenvalue weighted by Gasteiger charge is -2.50. The molecule has 2 saturated heterocycles. The number of halogens is 1. The second kappa shape index (κ2) is 10.2. The highest BCUT2D eigenvalue weighted by molar-refractivity contribution is 5.67. The minimum Gasteiger partial charge on any atom is -0.445 e. The standard InChI is InChI=1S/C26H29FN4O2/c1-3-11-30-15-21-16-31(26(32)33-18-20-7-5-4-6-8-20)13-12-29(21)17-25(30)22-9-10-24(27)23(14-28)19(22)2/h3-10,21,25H,1,11-13,15-18H2,2H3/t21-,25-/m1/s1. The molecule has 2 aromatic carbocycles. The van der Waals surface area contributed by atoms with Gasteiger partial charge in [-0.05, 0) is 29.7 Å². The second-order valence-corrected chi connectivity index (χ2v) is 8.64. The van der Waals surface area contributed by atoms with Crippen LogP contribution < -0.4 is 0 Å². The molecule has 2 aliphatic heterocycles. The third kappa shape index (κ3) is 4.92. The maximum atomic E-state index is 14.1. The van der Waals surface area contributed by atoms with Gasteiger partial charge >= 0.3 is 6.09 Å². The van der Waals surface area contributed by atoms with Crippen LogP contribution in [0.4, 0.5) is 9.18 Å². The lowest BCUT2D eigenvalue weighted by Crippen LogP contribution is -2.63. The molecule has 1 amide bonds. The van der Waals surface area contributed by atoms with E-state index in [1.165, 1.54) is 6.07 Å². The Hall–Kier alpha value is -3.21. The van der Waals surface area contributed by atoms with Gasteiger partial charge in [-0.25, -0.2) is 9.18 Å². The van der Waals surface area contributed by atoms with Gasteiger partial charge in [0.15, 0.2) is 0 Å². The predicted octanol–water partition coefficient (Wildman–Crippen LogP) is 3.87. The van der Waals surface area contributed by atoms with Crippen LogP contribution in [0.1, 0.15) is 28.3 Å². The summed E-state index contributed by atoms with van der Waals surface area (Å²) in [6.45, 7) is 10.1. The number of carbonyl (C=O) groups excluding carboxylic acids is 1. The van der Waals surface area contributed by atoms with Crippen molar-refractivity contribution in [1.82, 2.24) is 14.7 Å². The number of amides is 1. The number of fused-ring (bicyclic) bond motifs is 1. The summed E-state index contributed by atoms with van der Waals surface area (Å²) >= 11 is 0. The Bertz CT molecular complexity index is 1050. The molecule has 6 nitrogen and oxygen atoms in total. The predicted molar refractivity (Wildman–Crippen MR) is 124 cm³/mol. The van der Waals surface area contributed by atoms with Crippen LogP contribution in [0.15, 0.2) is 55.1 Å². The van der Waals surface area contributed by atoms with E-state index in [0.29, 0.717) is 25.2 Å². The van der Waals surface area contributed by atoms with E-state index in [4.69, 9.17) is 4.74 Å². The topological polar surface area (TPSA) is 59.8 Å².